The first kappa shape index (κ1) is 25.3. The molecule has 2 aromatic heterocycles. The molecule has 0 bridgehead atoms. The number of rotatable bonds is 8. The normalized spacial score (nSPS) is 13.9. The van der Waals surface area contributed by atoms with E-state index in [1.165, 1.54) is 19.5 Å². The lowest BCUT2D eigenvalue weighted by Crippen LogP contribution is -2.29. The monoisotopic (exact) mass is 492 g/mol. The van der Waals surface area contributed by atoms with Crippen LogP contribution in [0.25, 0.3) is 5.95 Å². The van der Waals surface area contributed by atoms with E-state index in [0.717, 1.165) is 42.9 Å². The van der Waals surface area contributed by atoms with Gasteiger partial charge in [0.25, 0.3) is 5.95 Å². The number of hydrogen-bond acceptors (Lipinski definition) is 8. The number of likely N-dealkylation sites (tertiary alicyclic amines) is 1. The van der Waals surface area contributed by atoms with Crippen molar-refractivity contribution in [2.75, 3.05) is 25.0 Å². The van der Waals surface area contributed by atoms with Crippen LogP contribution in [0.5, 0.6) is 11.6 Å². The van der Waals surface area contributed by atoms with Crippen LogP contribution in [0, 0.1) is 13.8 Å². The summed E-state index contributed by atoms with van der Waals surface area (Å²) < 4.78 is 13.1. The van der Waals surface area contributed by atoms with E-state index in [2.05, 4.69) is 25.3 Å². The summed E-state index contributed by atoms with van der Waals surface area (Å²) in [6.07, 6.45) is 4.92. The van der Waals surface area contributed by atoms with Crippen LogP contribution in [0.2, 0.25) is 0 Å². The second-order valence-electron chi connectivity index (χ2n) is 8.89. The second kappa shape index (κ2) is 11.3. The van der Waals surface area contributed by atoms with Crippen LogP contribution in [-0.4, -0.2) is 56.2 Å². The molecule has 3 heterocycles. The van der Waals surface area contributed by atoms with Crippen molar-refractivity contribution in [3.63, 3.8) is 0 Å². The van der Waals surface area contributed by atoms with Gasteiger partial charge in [-0.3, -0.25) is 9.69 Å². The molecule has 190 valence electrons. The first-order valence-corrected chi connectivity index (χ1v) is 12.2. The molecule has 1 aliphatic rings. The lowest BCUT2D eigenvalue weighted by atomic mass is 10.1. The van der Waals surface area contributed by atoms with Crippen LogP contribution < -0.4 is 10.1 Å². The number of ether oxygens (including phenoxy) is 2. The van der Waals surface area contributed by atoms with E-state index in [-0.39, 0.29) is 29.9 Å². The van der Waals surface area contributed by atoms with Gasteiger partial charge in [-0.25, -0.2) is 14.5 Å². The van der Waals surface area contributed by atoms with Gasteiger partial charge in [0, 0.05) is 30.4 Å². The number of carbonyl (C=O) groups excluding carboxylic acids is 2. The Kier molecular flexibility index (Phi) is 7.94. The van der Waals surface area contributed by atoms with Gasteiger partial charge in [-0.05, 0) is 71.0 Å². The molecule has 0 aliphatic carbocycles. The maximum absolute atomic E-state index is 12.7. The fraction of sp³-hybridized carbons (Fsp3) is 0.423. The zero-order valence-corrected chi connectivity index (χ0v) is 21.2. The molecule has 10 heteroatoms. The summed E-state index contributed by atoms with van der Waals surface area (Å²) in [7, 11) is 0. The molecule has 0 spiro atoms. The molecule has 10 nitrogen and oxygen atoms in total. The number of carbonyl (C=O) groups is 2. The predicted molar refractivity (Wildman–Crippen MR) is 135 cm³/mol. The Morgan fingerprint density at radius 1 is 1.11 bits per heavy atom. The lowest BCUT2D eigenvalue weighted by Gasteiger charge is -2.27. The third-order valence-corrected chi connectivity index (χ3v) is 5.87. The number of hydrogen-bond donors (Lipinski definition) is 1. The highest BCUT2D eigenvalue weighted by Crippen LogP contribution is 2.31. The van der Waals surface area contributed by atoms with Gasteiger partial charge >= 0.3 is 5.97 Å². The molecule has 1 N–H and O–H groups in total. The number of nitrogens with zero attached hydrogens (tertiary/aromatic N) is 5. The number of nitrogens with one attached hydrogen (secondary N) is 1. The second-order valence-corrected chi connectivity index (χ2v) is 8.89. The first-order chi connectivity index (χ1) is 17.3. The molecule has 1 saturated heterocycles. The Morgan fingerprint density at radius 2 is 1.89 bits per heavy atom. The van der Waals surface area contributed by atoms with Gasteiger partial charge < -0.3 is 14.8 Å². The predicted octanol–water partition coefficient (Wildman–Crippen LogP) is 4.19. The number of piperidine rings is 1. The van der Waals surface area contributed by atoms with Crippen molar-refractivity contribution in [3.05, 3.63) is 53.0 Å². The quantitative estimate of drug-likeness (QED) is 0.466. The highest BCUT2D eigenvalue weighted by Gasteiger charge is 2.22. The Hall–Kier alpha value is -3.79. The van der Waals surface area contributed by atoms with Gasteiger partial charge in [0.2, 0.25) is 11.8 Å². The van der Waals surface area contributed by atoms with Crippen molar-refractivity contribution in [2.45, 2.75) is 53.5 Å². The van der Waals surface area contributed by atoms with Crippen LogP contribution in [-0.2, 0) is 16.1 Å². The summed E-state index contributed by atoms with van der Waals surface area (Å²) in [4.78, 5) is 35.6. The van der Waals surface area contributed by atoms with Crippen molar-refractivity contribution < 1.29 is 19.1 Å². The molecular weight excluding hydrogens is 460 g/mol. The van der Waals surface area contributed by atoms with E-state index in [0.29, 0.717) is 18.0 Å². The highest BCUT2D eigenvalue weighted by molar-refractivity contribution is 5.91. The van der Waals surface area contributed by atoms with E-state index in [1.807, 2.05) is 26.0 Å². The van der Waals surface area contributed by atoms with Gasteiger partial charge in [-0.1, -0.05) is 6.42 Å². The smallest absolute Gasteiger partial charge is 0.345 e. The molecule has 1 fully saturated rings. The number of amides is 1. The molecule has 0 saturated carbocycles. The number of esters is 1. The zero-order valence-electron chi connectivity index (χ0n) is 21.2. The van der Waals surface area contributed by atoms with Gasteiger partial charge in [-0.2, -0.15) is 10.1 Å². The van der Waals surface area contributed by atoms with Gasteiger partial charge in [0.15, 0.2) is 0 Å². The van der Waals surface area contributed by atoms with E-state index in [4.69, 9.17) is 9.47 Å². The number of benzene rings is 1. The maximum Gasteiger partial charge on any atom is 0.345 e. The largest absolute Gasteiger partial charge is 0.462 e. The van der Waals surface area contributed by atoms with Gasteiger partial charge in [-0.15, -0.1) is 0 Å². The number of aromatic nitrogens is 4. The topological polar surface area (TPSA) is 111 Å². The summed E-state index contributed by atoms with van der Waals surface area (Å²) >= 11 is 0. The molecule has 0 unspecified atom stereocenters. The van der Waals surface area contributed by atoms with Crippen molar-refractivity contribution >= 4 is 17.6 Å². The Balaban J connectivity index is 1.74. The van der Waals surface area contributed by atoms with Crippen molar-refractivity contribution in [1.82, 2.24) is 24.6 Å². The summed E-state index contributed by atoms with van der Waals surface area (Å²) in [6, 6.07) is 7.37. The van der Waals surface area contributed by atoms with Crippen molar-refractivity contribution in [2.24, 2.45) is 0 Å². The Labute approximate surface area is 210 Å². The SMILES string of the molecule is CCOC(=O)c1cnc(-n2nc(C)cc2C)nc1Oc1ccc(NC(C)=O)cc1CN1CCCCC1. The first-order valence-electron chi connectivity index (χ1n) is 12.2. The Morgan fingerprint density at radius 3 is 2.56 bits per heavy atom. The number of anilines is 1. The van der Waals surface area contributed by atoms with Crippen LogP contribution in [0.3, 0.4) is 0 Å². The maximum atomic E-state index is 12.7. The molecule has 1 aromatic carbocycles. The van der Waals surface area contributed by atoms with Gasteiger partial charge in [0.1, 0.15) is 11.3 Å². The standard InChI is InChI=1S/C26H32N6O4/c1-5-35-25(34)22-15-27-26(32-18(3)13-17(2)30-32)29-24(22)36-23-10-9-21(28-19(4)33)14-20(23)16-31-11-7-6-8-12-31/h9-10,13-15H,5-8,11-12,16H2,1-4H3,(H,28,33). The third-order valence-electron chi connectivity index (χ3n) is 5.87. The zero-order chi connectivity index (χ0) is 25.7. The molecular formula is C26H32N6O4. The van der Waals surface area contributed by atoms with Crippen LogP contribution in [0.1, 0.15) is 60.4 Å². The van der Waals surface area contributed by atoms with E-state index in [1.54, 1.807) is 23.7 Å². The van der Waals surface area contributed by atoms with E-state index in [9.17, 15) is 9.59 Å². The van der Waals surface area contributed by atoms with E-state index < -0.39 is 5.97 Å². The minimum absolute atomic E-state index is 0.0816. The minimum Gasteiger partial charge on any atom is -0.462 e. The van der Waals surface area contributed by atoms with Crippen LogP contribution >= 0.6 is 0 Å². The van der Waals surface area contributed by atoms with Crippen molar-refractivity contribution in [3.8, 4) is 17.6 Å². The molecule has 3 aromatic rings. The van der Waals surface area contributed by atoms with Crippen molar-refractivity contribution in [1.29, 1.82) is 0 Å². The van der Waals surface area contributed by atoms with Gasteiger partial charge in [0.05, 0.1) is 18.5 Å². The fourth-order valence-corrected chi connectivity index (χ4v) is 4.26. The molecule has 0 atom stereocenters. The highest BCUT2D eigenvalue weighted by atomic mass is 16.5. The molecule has 0 radical (unpaired) electrons. The summed E-state index contributed by atoms with van der Waals surface area (Å²) in [5, 5.41) is 7.28. The summed E-state index contributed by atoms with van der Waals surface area (Å²) in [6.45, 7) is 9.84. The lowest BCUT2D eigenvalue weighted by molar-refractivity contribution is -0.114. The molecule has 1 aliphatic heterocycles. The van der Waals surface area contributed by atoms with Crippen LogP contribution in [0.4, 0.5) is 5.69 Å². The third kappa shape index (κ3) is 6.06. The molecule has 36 heavy (non-hydrogen) atoms. The average Bonchev–Trinajstić information content (AvgIpc) is 3.19. The Bertz CT molecular complexity index is 1250. The fourth-order valence-electron chi connectivity index (χ4n) is 4.26. The minimum atomic E-state index is -0.570. The van der Waals surface area contributed by atoms with Crippen LogP contribution in [0.15, 0.2) is 30.5 Å². The number of aryl methyl sites for hydroxylation is 2. The summed E-state index contributed by atoms with van der Waals surface area (Å²) in [5.41, 5.74) is 3.36. The molecule has 4 rings (SSSR count). The average molecular weight is 493 g/mol. The van der Waals surface area contributed by atoms with E-state index >= 15 is 0 Å². The summed E-state index contributed by atoms with van der Waals surface area (Å²) in [5.74, 6) is 0.190. The molecule has 1 amide bonds.